The zero-order valence-corrected chi connectivity index (χ0v) is 27.7. The third-order valence-corrected chi connectivity index (χ3v) is 11.7. The van der Waals surface area contributed by atoms with Gasteiger partial charge in [0.1, 0.15) is 0 Å². The van der Waals surface area contributed by atoms with Crippen LogP contribution < -0.4 is 4.90 Å². The highest BCUT2D eigenvalue weighted by molar-refractivity contribution is 6.11. The lowest BCUT2D eigenvalue weighted by Gasteiger charge is -2.30. The number of aromatic nitrogens is 1. The molecule has 0 saturated heterocycles. The lowest BCUT2D eigenvalue weighted by Crippen LogP contribution is -2.23. The van der Waals surface area contributed by atoms with Gasteiger partial charge < -0.3 is 9.47 Å². The topological polar surface area (TPSA) is 8.17 Å². The summed E-state index contributed by atoms with van der Waals surface area (Å²) >= 11 is 0. The van der Waals surface area contributed by atoms with Gasteiger partial charge in [0.2, 0.25) is 0 Å². The van der Waals surface area contributed by atoms with E-state index in [0.29, 0.717) is 0 Å². The molecule has 1 spiro atoms. The van der Waals surface area contributed by atoms with Gasteiger partial charge in [0.05, 0.1) is 16.4 Å². The number of anilines is 3. The molecule has 12 rings (SSSR count). The average molecular weight is 647 g/mol. The van der Waals surface area contributed by atoms with E-state index in [4.69, 9.17) is 0 Å². The highest BCUT2D eigenvalue weighted by Gasteiger charge is 2.57. The molecule has 2 nitrogen and oxygen atoms in total. The van der Waals surface area contributed by atoms with Crippen molar-refractivity contribution in [2.75, 3.05) is 4.90 Å². The predicted molar refractivity (Wildman–Crippen MR) is 211 cm³/mol. The van der Waals surface area contributed by atoms with Crippen molar-refractivity contribution < 1.29 is 0 Å². The predicted octanol–water partition coefficient (Wildman–Crippen LogP) is 12.6. The molecule has 0 fully saturated rings. The van der Waals surface area contributed by atoms with E-state index >= 15 is 0 Å². The molecule has 2 heteroatoms. The first-order valence-electron chi connectivity index (χ1n) is 17.8. The number of hydrogen-bond donors (Lipinski definition) is 0. The van der Waals surface area contributed by atoms with Crippen LogP contribution in [0.5, 0.6) is 0 Å². The first kappa shape index (κ1) is 27.2. The summed E-state index contributed by atoms with van der Waals surface area (Å²) in [5.74, 6) is 0. The average Bonchev–Trinajstić information content (AvgIpc) is 3.89. The van der Waals surface area contributed by atoms with Crippen molar-refractivity contribution >= 4 is 38.9 Å². The molecule has 1 heterocycles. The summed E-state index contributed by atoms with van der Waals surface area (Å²) in [5, 5.41) is 2.51. The molecule has 1 aromatic heterocycles. The second-order valence-corrected chi connectivity index (χ2v) is 14.0. The van der Waals surface area contributed by atoms with Crippen LogP contribution in [0.2, 0.25) is 0 Å². The Bertz CT molecular complexity index is 2880. The van der Waals surface area contributed by atoms with E-state index in [2.05, 4.69) is 191 Å². The quantitative estimate of drug-likeness (QED) is 0.185. The normalized spacial score (nSPS) is 15.5. The van der Waals surface area contributed by atoms with Gasteiger partial charge in [-0.2, -0.15) is 0 Å². The Morgan fingerprint density at radius 3 is 1.67 bits per heavy atom. The Morgan fingerprint density at radius 2 is 0.902 bits per heavy atom. The Kier molecular flexibility index (Phi) is 5.20. The van der Waals surface area contributed by atoms with Crippen LogP contribution in [0.4, 0.5) is 17.1 Å². The maximum Gasteiger partial charge on any atom is 0.0738 e. The molecule has 1 unspecified atom stereocenters. The van der Waals surface area contributed by atoms with Gasteiger partial charge in [-0.05, 0) is 110 Å². The van der Waals surface area contributed by atoms with Crippen molar-refractivity contribution in [1.82, 2.24) is 4.57 Å². The monoisotopic (exact) mass is 646 g/mol. The van der Waals surface area contributed by atoms with Crippen molar-refractivity contribution in [2.24, 2.45) is 0 Å². The molecule has 9 aromatic rings. The molecular formula is C49H30N2. The minimum atomic E-state index is -0.328. The van der Waals surface area contributed by atoms with E-state index in [0.717, 1.165) is 22.7 Å². The van der Waals surface area contributed by atoms with Crippen molar-refractivity contribution in [1.29, 1.82) is 0 Å². The first-order valence-corrected chi connectivity index (χ1v) is 17.8. The Labute approximate surface area is 296 Å². The number of benzene rings is 8. The lowest BCUT2D eigenvalue weighted by molar-refractivity contribution is 0.818. The maximum absolute atomic E-state index is 2.50. The molecule has 8 aromatic carbocycles. The fourth-order valence-electron chi connectivity index (χ4n) is 9.86. The largest absolute Gasteiger partial charge is 0.310 e. The molecule has 51 heavy (non-hydrogen) atoms. The first-order chi connectivity index (χ1) is 25.3. The van der Waals surface area contributed by atoms with Gasteiger partial charge >= 0.3 is 0 Å². The maximum atomic E-state index is 2.50. The molecule has 3 aliphatic rings. The van der Waals surface area contributed by atoms with E-state index < -0.39 is 0 Å². The van der Waals surface area contributed by atoms with Crippen molar-refractivity contribution in [3.63, 3.8) is 0 Å². The number of nitrogens with zero attached hydrogens (tertiary/aromatic N) is 2. The van der Waals surface area contributed by atoms with Gasteiger partial charge in [-0.3, -0.25) is 0 Å². The van der Waals surface area contributed by atoms with E-state index in [9.17, 15) is 0 Å². The van der Waals surface area contributed by atoms with Crippen LogP contribution in [0, 0.1) is 0 Å². The Balaban J connectivity index is 1.14. The van der Waals surface area contributed by atoms with Gasteiger partial charge in [-0.25, -0.2) is 0 Å². The molecule has 0 saturated carbocycles. The fraction of sp³-hybridized carbons (Fsp3) is 0.0204. The van der Waals surface area contributed by atoms with Crippen LogP contribution in [-0.4, -0.2) is 4.57 Å². The Hall–Kier alpha value is -6.64. The van der Waals surface area contributed by atoms with Gasteiger partial charge in [-0.1, -0.05) is 127 Å². The zero-order valence-electron chi connectivity index (χ0n) is 27.7. The number of hydrogen-bond acceptors (Lipinski definition) is 1. The molecule has 0 amide bonds. The van der Waals surface area contributed by atoms with Crippen LogP contribution in [0.15, 0.2) is 182 Å². The van der Waals surface area contributed by atoms with E-state index in [1.54, 1.807) is 0 Å². The van der Waals surface area contributed by atoms with Gasteiger partial charge in [0.25, 0.3) is 0 Å². The van der Waals surface area contributed by atoms with Crippen LogP contribution in [0.3, 0.4) is 0 Å². The molecule has 0 aliphatic heterocycles. The summed E-state index contributed by atoms with van der Waals surface area (Å²) < 4.78 is 2.41. The molecule has 0 bridgehead atoms. The third kappa shape index (κ3) is 3.32. The standard InChI is InChI=1S/C49H30N2/c1-3-13-31(14-4-1)50(34-26-28-38-37-18-8-10-24-45(37)51(46(38)30-34)32-15-5-2-6-16-32)33-25-27-36-40-20-12-22-42-41-21-11-19-39-35-17-7-9-23-43(35)49(47(39)41,48(40)42)44(36)29-33/h1-30H. The second-order valence-electron chi connectivity index (χ2n) is 14.0. The SMILES string of the molecule is c1ccc(N(c2ccc3c(c2)C24c5ccccc5-c5cccc(c52)-c2cccc-3c24)c2ccc3c4ccccc4n(-c4ccccc4)c3c2)cc1. The van der Waals surface area contributed by atoms with Gasteiger partial charge in [-0.15, -0.1) is 0 Å². The van der Waals surface area contributed by atoms with Crippen LogP contribution in [0.1, 0.15) is 22.3 Å². The summed E-state index contributed by atoms with van der Waals surface area (Å²) in [5.41, 5.74) is 20.5. The molecular weight excluding hydrogens is 617 g/mol. The van der Waals surface area contributed by atoms with E-state index in [-0.39, 0.29) is 5.41 Å². The summed E-state index contributed by atoms with van der Waals surface area (Å²) in [6.45, 7) is 0. The number of rotatable bonds is 4. The molecule has 1 atom stereocenters. The third-order valence-electron chi connectivity index (χ3n) is 11.7. The fourth-order valence-corrected chi connectivity index (χ4v) is 9.86. The summed E-state index contributed by atoms with van der Waals surface area (Å²) in [7, 11) is 0. The smallest absolute Gasteiger partial charge is 0.0738 e. The summed E-state index contributed by atoms with van der Waals surface area (Å²) in [4.78, 5) is 2.44. The van der Waals surface area contributed by atoms with Crippen molar-refractivity contribution in [2.45, 2.75) is 5.41 Å². The van der Waals surface area contributed by atoms with Crippen molar-refractivity contribution in [3.8, 4) is 39.1 Å². The zero-order chi connectivity index (χ0) is 33.3. The highest BCUT2D eigenvalue weighted by atomic mass is 15.1. The lowest BCUT2D eigenvalue weighted by atomic mass is 9.73. The Morgan fingerprint density at radius 1 is 0.353 bits per heavy atom. The van der Waals surface area contributed by atoms with Crippen molar-refractivity contribution in [3.05, 3.63) is 204 Å². The molecule has 236 valence electrons. The van der Waals surface area contributed by atoms with Crippen LogP contribution in [0.25, 0.3) is 60.9 Å². The summed E-state index contributed by atoms with van der Waals surface area (Å²) in [6, 6.07) is 67.4. The van der Waals surface area contributed by atoms with Crippen LogP contribution in [-0.2, 0) is 5.41 Å². The van der Waals surface area contributed by atoms with Gasteiger partial charge in [0, 0.05) is 33.5 Å². The summed E-state index contributed by atoms with van der Waals surface area (Å²) in [6.07, 6.45) is 0. The molecule has 0 N–H and O–H groups in total. The second kappa shape index (κ2) is 9.74. The number of para-hydroxylation sites is 3. The van der Waals surface area contributed by atoms with E-state index in [1.807, 2.05) is 0 Å². The molecule has 3 aliphatic carbocycles. The highest BCUT2D eigenvalue weighted by Crippen LogP contribution is 2.70. The number of fused-ring (bicyclic) bond motifs is 8. The van der Waals surface area contributed by atoms with E-state index in [1.165, 1.54) is 77.4 Å². The minimum absolute atomic E-state index is 0.328. The minimum Gasteiger partial charge on any atom is -0.310 e. The van der Waals surface area contributed by atoms with Crippen LogP contribution >= 0.6 is 0 Å². The van der Waals surface area contributed by atoms with Gasteiger partial charge in [0.15, 0.2) is 0 Å². The molecule has 0 radical (unpaired) electrons.